The molecule has 10 heteroatoms. The number of nitrogens with zero attached hydrogens (tertiary/aromatic N) is 5. The molecular weight excluding hydrogens is 462 g/mol. The topological polar surface area (TPSA) is 46.3 Å². The van der Waals surface area contributed by atoms with Gasteiger partial charge in [-0.25, -0.2) is 9.07 Å². The molecule has 0 unspecified atom stereocenters. The van der Waals surface area contributed by atoms with E-state index in [-0.39, 0.29) is 23.0 Å². The van der Waals surface area contributed by atoms with Crippen LogP contribution in [-0.2, 0) is 6.18 Å². The van der Waals surface area contributed by atoms with Gasteiger partial charge in [-0.1, -0.05) is 18.2 Å². The summed E-state index contributed by atoms with van der Waals surface area (Å²) in [5.74, 6) is -0.263. The molecule has 0 spiro atoms. The van der Waals surface area contributed by atoms with Crippen molar-refractivity contribution in [3.8, 4) is 11.5 Å². The van der Waals surface area contributed by atoms with Crippen LogP contribution in [0.1, 0.15) is 15.9 Å². The Hall–Kier alpha value is -4.08. The molecule has 2 aromatic heterocycles. The van der Waals surface area contributed by atoms with Gasteiger partial charge in [0.2, 0.25) is 0 Å². The van der Waals surface area contributed by atoms with Gasteiger partial charge in [-0.05, 0) is 42.5 Å². The Balaban J connectivity index is 1.45. The van der Waals surface area contributed by atoms with Crippen molar-refractivity contribution in [2.75, 3.05) is 31.1 Å². The normalized spacial score (nSPS) is 14.4. The molecule has 1 saturated heterocycles. The first kappa shape index (κ1) is 22.7. The molecule has 4 aromatic rings. The smallest absolute Gasteiger partial charge is 0.366 e. The van der Waals surface area contributed by atoms with Crippen LogP contribution >= 0.6 is 0 Å². The van der Waals surface area contributed by atoms with Crippen LogP contribution < -0.4 is 4.90 Å². The largest absolute Gasteiger partial charge is 0.416 e. The van der Waals surface area contributed by atoms with Crippen LogP contribution in [-0.4, -0.2) is 51.3 Å². The molecule has 0 atom stereocenters. The number of carbonyl (C=O) groups excluding carboxylic acids is 1. The zero-order valence-corrected chi connectivity index (χ0v) is 18.5. The first-order valence-corrected chi connectivity index (χ1v) is 11.0. The molecule has 0 N–H and O–H groups in total. The van der Waals surface area contributed by atoms with E-state index in [0.29, 0.717) is 37.7 Å². The second-order valence-electron chi connectivity index (χ2n) is 8.16. The lowest BCUT2D eigenvalue weighted by atomic mass is 10.2. The molecule has 3 heterocycles. The Morgan fingerprint density at radius 2 is 1.60 bits per heavy atom. The number of hydrogen-bond donors (Lipinski definition) is 0. The van der Waals surface area contributed by atoms with Crippen molar-refractivity contribution in [1.29, 1.82) is 0 Å². The molecule has 0 saturated carbocycles. The summed E-state index contributed by atoms with van der Waals surface area (Å²) in [7, 11) is 0. The predicted molar refractivity (Wildman–Crippen MR) is 122 cm³/mol. The lowest BCUT2D eigenvalue weighted by Gasteiger charge is -2.36. The molecule has 0 radical (unpaired) electrons. The number of benzene rings is 2. The van der Waals surface area contributed by atoms with E-state index in [1.807, 2.05) is 4.90 Å². The van der Waals surface area contributed by atoms with Gasteiger partial charge in [-0.2, -0.15) is 18.3 Å². The first-order chi connectivity index (χ1) is 16.8. The Bertz CT molecular complexity index is 1340. The van der Waals surface area contributed by atoms with Crippen LogP contribution in [0.2, 0.25) is 0 Å². The van der Waals surface area contributed by atoms with E-state index in [1.54, 1.807) is 52.2 Å². The van der Waals surface area contributed by atoms with E-state index in [9.17, 15) is 22.4 Å². The highest BCUT2D eigenvalue weighted by molar-refractivity contribution is 5.97. The highest BCUT2D eigenvalue weighted by atomic mass is 19.4. The molecule has 1 aliphatic rings. The number of alkyl halides is 3. The quantitative estimate of drug-likeness (QED) is 0.393. The van der Waals surface area contributed by atoms with E-state index in [2.05, 4.69) is 5.10 Å². The third-order valence-corrected chi connectivity index (χ3v) is 6.00. The van der Waals surface area contributed by atoms with Gasteiger partial charge in [0, 0.05) is 38.6 Å². The van der Waals surface area contributed by atoms with Crippen LogP contribution in [0.5, 0.6) is 0 Å². The molecule has 1 aliphatic heterocycles. The second kappa shape index (κ2) is 8.94. The van der Waals surface area contributed by atoms with E-state index in [0.717, 1.165) is 12.1 Å². The number of anilines is 1. The Morgan fingerprint density at radius 3 is 2.29 bits per heavy atom. The Morgan fingerprint density at radius 1 is 0.886 bits per heavy atom. The molecule has 6 nitrogen and oxygen atoms in total. The summed E-state index contributed by atoms with van der Waals surface area (Å²) in [5.41, 5.74) is 0.135. The summed E-state index contributed by atoms with van der Waals surface area (Å²) in [6.07, 6.45) is 0.274. The average Bonchev–Trinajstić information content (AvgIpc) is 3.54. The second-order valence-corrected chi connectivity index (χ2v) is 8.16. The minimum absolute atomic E-state index is 0.187. The van der Waals surface area contributed by atoms with Gasteiger partial charge in [-0.3, -0.25) is 4.79 Å². The number of piperazine rings is 1. The third kappa shape index (κ3) is 4.39. The summed E-state index contributed by atoms with van der Waals surface area (Å²) >= 11 is 0. The van der Waals surface area contributed by atoms with Gasteiger partial charge in [0.1, 0.15) is 11.4 Å². The minimum Gasteiger partial charge on any atom is -0.366 e. The number of amides is 1. The van der Waals surface area contributed by atoms with Gasteiger partial charge < -0.3 is 14.4 Å². The van der Waals surface area contributed by atoms with Gasteiger partial charge in [0.25, 0.3) is 5.91 Å². The molecule has 1 fully saturated rings. The Labute approximate surface area is 198 Å². The van der Waals surface area contributed by atoms with Crippen molar-refractivity contribution >= 4 is 11.6 Å². The standard InChI is InChI=1S/C25H21F4N5O/c26-21-8-1-2-9-22(21)31-12-14-33(15-13-31)24(35)20-17-30-34(23(20)32-10-3-4-11-32)19-7-5-6-18(16-19)25(27,28)29/h1-11,16-17H,12-15H2. The maximum Gasteiger partial charge on any atom is 0.416 e. The zero-order chi connectivity index (χ0) is 24.6. The number of carbonyl (C=O) groups is 1. The highest BCUT2D eigenvalue weighted by Gasteiger charge is 2.32. The summed E-state index contributed by atoms with van der Waals surface area (Å²) < 4.78 is 57.0. The fourth-order valence-electron chi connectivity index (χ4n) is 4.25. The van der Waals surface area contributed by atoms with Gasteiger partial charge in [-0.15, -0.1) is 0 Å². The van der Waals surface area contributed by atoms with Crippen molar-refractivity contribution < 1.29 is 22.4 Å². The van der Waals surface area contributed by atoms with E-state index >= 15 is 0 Å². The predicted octanol–water partition coefficient (Wildman–Crippen LogP) is 4.78. The van der Waals surface area contributed by atoms with Crippen LogP contribution in [0.25, 0.3) is 11.5 Å². The average molecular weight is 483 g/mol. The first-order valence-electron chi connectivity index (χ1n) is 11.0. The summed E-state index contributed by atoms with van der Waals surface area (Å²) in [4.78, 5) is 17.0. The van der Waals surface area contributed by atoms with Crippen LogP contribution in [0.3, 0.4) is 0 Å². The summed E-state index contributed by atoms with van der Waals surface area (Å²) in [5, 5.41) is 4.28. The fraction of sp³-hybridized carbons (Fsp3) is 0.200. The molecule has 5 rings (SSSR count). The van der Waals surface area contributed by atoms with E-state index in [4.69, 9.17) is 0 Å². The molecule has 2 aromatic carbocycles. The number of para-hydroxylation sites is 1. The molecule has 35 heavy (non-hydrogen) atoms. The Kier molecular flexibility index (Phi) is 5.80. The number of halogens is 4. The molecule has 1 amide bonds. The number of rotatable bonds is 4. The number of aromatic nitrogens is 3. The zero-order valence-electron chi connectivity index (χ0n) is 18.5. The minimum atomic E-state index is -4.51. The fourth-order valence-corrected chi connectivity index (χ4v) is 4.25. The molecule has 0 aliphatic carbocycles. The van der Waals surface area contributed by atoms with Crippen molar-refractivity contribution in [2.45, 2.75) is 6.18 Å². The van der Waals surface area contributed by atoms with Crippen molar-refractivity contribution in [3.05, 3.63) is 96.2 Å². The SMILES string of the molecule is O=C(c1cnn(-c2cccc(C(F)(F)F)c2)c1-n1cccc1)N1CCN(c2ccccc2F)CC1. The number of hydrogen-bond acceptors (Lipinski definition) is 3. The van der Waals surface area contributed by atoms with Gasteiger partial charge in [0.15, 0.2) is 5.82 Å². The lowest BCUT2D eigenvalue weighted by molar-refractivity contribution is -0.137. The van der Waals surface area contributed by atoms with Gasteiger partial charge >= 0.3 is 6.18 Å². The van der Waals surface area contributed by atoms with Crippen LogP contribution in [0, 0.1) is 5.82 Å². The van der Waals surface area contributed by atoms with Gasteiger partial charge in [0.05, 0.1) is 23.1 Å². The van der Waals surface area contributed by atoms with Crippen LogP contribution in [0.4, 0.5) is 23.2 Å². The lowest BCUT2D eigenvalue weighted by Crippen LogP contribution is -2.49. The van der Waals surface area contributed by atoms with E-state index < -0.39 is 11.7 Å². The van der Waals surface area contributed by atoms with Crippen molar-refractivity contribution in [2.24, 2.45) is 0 Å². The van der Waals surface area contributed by atoms with Crippen molar-refractivity contribution in [3.63, 3.8) is 0 Å². The molecular formula is C25H21F4N5O. The molecule has 0 bridgehead atoms. The highest BCUT2D eigenvalue weighted by Crippen LogP contribution is 2.31. The van der Waals surface area contributed by atoms with Crippen LogP contribution in [0.15, 0.2) is 79.3 Å². The third-order valence-electron chi connectivity index (χ3n) is 6.00. The summed E-state index contributed by atoms with van der Waals surface area (Å²) in [6, 6.07) is 14.8. The maximum absolute atomic E-state index is 14.2. The van der Waals surface area contributed by atoms with Crippen molar-refractivity contribution in [1.82, 2.24) is 19.2 Å². The molecule has 180 valence electrons. The summed E-state index contributed by atoms with van der Waals surface area (Å²) in [6.45, 7) is 1.64. The monoisotopic (exact) mass is 483 g/mol. The maximum atomic E-state index is 14.2. The van der Waals surface area contributed by atoms with E-state index in [1.165, 1.54) is 29.1 Å².